The Hall–Kier alpha value is -2.15. The molecule has 1 amide bonds. The molecule has 0 aliphatic heterocycles. The maximum Gasteiger partial charge on any atom is 0.331 e. The maximum absolute atomic E-state index is 11.9. The number of anilines is 1. The summed E-state index contributed by atoms with van der Waals surface area (Å²) >= 11 is 1.76. The number of aliphatic carboxylic acids is 1. The lowest BCUT2D eigenvalue weighted by Gasteiger charge is -2.19. The van der Waals surface area contributed by atoms with Crippen molar-refractivity contribution in [3.05, 3.63) is 34.8 Å². The van der Waals surface area contributed by atoms with Gasteiger partial charge in [0.2, 0.25) is 5.91 Å². The molecule has 2 aromatic rings. The highest BCUT2D eigenvalue weighted by molar-refractivity contribution is 7.09. The number of nitrogens with one attached hydrogen (secondary N) is 1. The van der Waals surface area contributed by atoms with Gasteiger partial charge in [0.1, 0.15) is 0 Å². The largest absolute Gasteiger partial charge is 0.479 e. The highest BCUT2D eigenvalue weighted by Crippen LogP contribution is 2.18. The van der Waals surface area contributed by atoms with E-state index in [4.69, 9.17) is 0 Å². The summed E-state index contributed by atoms with van der Waals surface area (Å²) in [7, 11) is 0. The molecule has 0 fully saturated rings. The Morgan fingerprint density at radius 3 is 2.79 bits per heavy atom. The van der Waals surface area contributed by atoms with Gasteiger partial charge in [-0.05, 0) is 44.6 Å². The van der Waals surface area contributed by atoms with Gasteiger partial charge in [0.25, 0.3) is 0 Å². The number of hydrogen-bond donors (Lipinski definition) is 2. The van der Waals surface area contributed by atoms with Crippen molar-refractivity contribution < 1.29 is 14.7 Å². The highest BCUT2D eigenvalue weighted by atomic mass is 32.1. The van der Waals surface area contributed by atoms with Crippen molar-refractivity contribution in [2.24, 2.45) is 0 Å². The summed E-state index contributed by atoms with van der Waals surface area (Å²) in [5, 5.41) is 18.0. The number of unbranched alkanes of at least 4 members (excludes halogenated alkanes) is 2. The summed E-state index contributed by atoms with van der Waals surface area (Å²) in [6, 6.07) is 4.19. The summed E-state index contributed by atoms with van der Waals surface area (Å²) in [4.78, 5) is 24.5. The van der Waals surface area contributed by atoms with Crippen LogP contribution in [0.4, 0.5) is 5.69 Å². The van der Waals surface area contributed by atoms with Crippen molar-refractivity contribution in [3.63, 3.8) is 0 Å². The zero-order valence-electron chi connectivity index (χ0n) is 14.0. The predicted octanol–water partition coefficient (Wildman–Crippen LogP) is 3.51. The second-order valence-corrected chi connectivity index (χ2v) is 7.26. The van der Waals surface area contributed by atoms with Crippen molar-refractivity contribution >= 4 is 28.9 Å². The lowest BCUT2D eigenvalue weighted by atomic mass is 10.1. The Kier molecular flexibility index (Phi) is 6.14. The smallest absolute Gasteiger partial charge is 0.331 e. The van der Waals surface area contributed by atoms with Crippen molar-refractivity contribution in [1.29, 1.82) is 0 Å². The Morgan fingerprint density at radius 2 is 2.12 bits per heavy atom. The molecule has 0 unspecified atom stereocenters. The second kappa shape index (κ2) is 8.10. The molecule has 2 aromatic heterocycles. The van der Waals surface area contributed by atoms with Gasteiger partial charge in [-0.25, -0.2) is 4.79 Å². The van der Waals surface area contributed by atoms with Gasteiger partial charge in [0.15, 0.2) is 5.54 Å². The van der Waals surface area contributed by atoms with Gasteiger partial charge in [-0.2, -0.15) is 5.10 Å². The molecule has 2 rings (SSSR count). The molecule has 0 bridgehead atoms. The van der Waals surface area contributed by atoms with E-state index >= 15 is 0 Å². The van der Waals surface area contributed by atoms with E-state index in [1.807, 2.05) is 0 Å². The summed E-state index contributed by atoms with van der Waals surface area (Å²) in [6.07, 6.45) is 7.47. The van der Waals surface area contributed by atoms with Crippen LogP contribution in [0.5, 0.6) is 0 Å². The number of carboxylic acids is 1. The minimum absolute atomic E-state index is 0.0706. The van der Waals surface area contributed by atoms with E-state index in [0.29, 0.717) is 12.1 Å². The lowest BCUT2D eigenvalue weighted by Crippen LogP contribution is -2.35. The molecule has 24 heavy (non-hydrogen) atoms. The van der Waals surface area contributed by atoms with E-state index in [9.17, 15) is 14.7 Å². The number of rotatable bonds is 9. The van der Waals surface area contributed by atoms with Crippen LogP contribution in [0.25, 0.3) is 0 Å². The van der Waals surface area contributed by atoms with Crippen molar-refractivity contribution in [3.8, 4) is 0 Å². The number of thiophene rings is 1. The maximum atomic E-state index is 11.9. The first kappa shape index (κ1) is 18.2. The fourth-order valence-corrected chi connectivity index (χ4v) is 2.98. The van der Waals surface area contributed by atoms with Gasteiger partial charge in [0, 0.05) is 17.5 Å². The van der Waals surface area contributed by atoms with Crippen LogP contribution in [0.1, 0.15) is 44.4 Å². The molecule has 0 saturated carbocycles. The van der Waals surface area contributed by atoms with Gasteiger partial charge < -0.3 is 10.4 Å². The van der Waals surface area contributed by atoms with Crippen molar-refractivity contribution in [1.82, 2.24) is 9.78 Å². The number of carboxylic acid groups (broad SMARTS) is 1. The number of aryl methyl sites for hydroxylation is 1. The molecule has 6 nitrogen and oxygen atoms in total. The summed E-state index contributed by atoms with van der Waals surface area (Å²) in [5.41, 5.74) is -0.627. The summed E-state index contributed by atoms with van der Waals surface area (Å²) < 4.78 is 1.34. The van der Waals surface area contributed by atoms with Gasteiger partial charge in [-0.1, -0.05) is 12.5 Å². The van der Waals surface area contributed by atoms with Gasteiger partial charge >= 0.3 is 5.97 Å². The fraction of sp³-hybridized carbons (Fsp3) is 0.471. The zero-order valence-corrected chi connectivity index (χ0v) is 14.8. The number of aromatic nitrogens is 2. The molecular weight excluding hydrogens is 326 g/mol. The minimum atomic E-state index is -1.15. The SMILES string of the molecule is CC(C)(C(=O)O)n1cc(NC(=O)CCCCCc2cccs2)cn1. The van der Waals surface area contributed by atoms with Crippen LogP contribution in [0.15, 0.2) is 29.9 Å². The first-order chi connectivity index (χ1) is 11.4. The average molecular weight is 349 g/mol. The molecule has 7 heteroatoms. The van der Waals surface area contributed by atoms with E-state index in [1.54, 1.807) is 31.4 Å². The normalized spacial score (nSPS) is 11.4. The summed E-state index contributed by atoms with van der Waals surface area (Å²) in [6.45, 7) is 3.11. The molecule has 0 radical (unpaired) electrons. The fourth-order valence-electron chi connectivity index (χ4n) is 2.23. The highest BCUT2D eigenvalue weighted by Gasteiger charge is 2.30. The first-order valence-corrected chi connectivity index (χ1v) is 8.88. The van der Waals surface area contributed by atoms with E-state index in [2.05, 4.69) is 27.9 Å². The molecule has 0 aromatic carbocycles. The van der Waals surface area contributed by atoms with E-state index in [0.717, 1.165) is 25.7 Å². The van der Waals surface area contributed by atoms with Crippen LogP contribution >= 0.6 is 11.3 Å². The Labute approximate surface area is 145 Å². The number of carbonyl (C=O) groups excluding carboxylic acids is 1. The Bertz CT molecular complexity index is 677. The van der Waals surface area contributed by atoms with Crippen molar-refractivity contribution in [2.45, 2.75) is 51.5 Å². The molecule has 2 N–H and O–H groups in total. The van der Waals surface area contributed by atoms with E-state index in [-0.39, 0.29) is 5.91 Å². The third-order valence-corrected chi connectivity index (χ3v) is 4.81. The molecular formula is C17H23N3O3S. The Balaban J connectivity index is 1.71. The van der Waals surface area contributed by atoms with Crippen LogP contribution in [0, 0.1) is 0 Å². The number of carbonyl (C=O) groups is 2. The third-order valence-electron chi connectivity index (χ3n) is 3.87. The van der Waals surface area contributed by atoms with Gasteiger partial charge in [-0.15, -0.1) is 11.3 Å². The van der Waals surface area contributed by atoms with Crippen LogP contribution in [0.2, 0.25) is 0 Å². The number of amides is 1. The van der Waals surface area contributed by atoms with Crippen LogP contribution in [-0.4, -0.2) is 26.8 Å². The molecule has 0 aliphatic rings. The number of hydrogen-bond acceptors (Lipinski definition) is 4. The second-order valence-electron chi connectivity index (χ2n) is 6.23. The molecule has 0 saturated heterocycles. The minimum Gasteiger partial charge on any atom is -0.479 e. The average Bonchev–Trinajstić information content (AvgIpc) is 3.18. The predicted molar refractivity (Wildman–Crippen MR) is 94.3 cm³/mol. The quantitative estimate of drug-likeness (QED) is 0.679. The van der Waals surface area contributed by atoms with Crippen LogP contribution in [0.3, 0.4) is 0 Å². The standard InChI is InChI=1S/C17H23N3O3S/c1-17(2,16(22)23)20-12-13(11-18-20)19-15(21)9-5-3-4-7-14-8-6-10-24-14/h6,8,10-12H,3-5,7,9H2,1-2H3,(H,19,21)(H,22,23). The lowest BCUT2D eigenvalue weighted by molar-refractivity contribution is -0.146. The van der Waals surface area contributed by atoms with E-state index < -0.39 is 11.5 Å². The molecule has 0 atom stereocenters. The third kappa shape index (κ3) is 4.92. The first-order valence-electron chi connectivity index (χ1n) is 8.00. The van der Waals surface area contributed by atoms with Crippen molar-refractivity contribution in [2.75, 3.05) is 5.32 Å². The number of nitrogens with zero attached hydrogens (tertiary/aromatic N) is 2. The topological polar surface area (TPSA) is 84.2 Å². The summed E-state index contributed by atoms with van der Waals surface area (Å²) in [5.74, 6) is -1.05. The zero-order chi connectivity index (χ0) is 17.6. The van der Waals surface area contributed by atoms with Gasteiger partial charge in [-0.3, -0.25) is 9.48 Å². The van der Waals surface area contributed by atoms with Gasteiger partial charge in [0.05, 0.1) is 11.9 Å². The molecule has 2 heterocycles. The van der Waals surface area contributed by atoms with Crippen LogP contribution < -0.4 is 5.32 Å². The van der Waals surface area contributed by atoms with Crippen LogP contribution in [-0.2, 0) is 21.5 Å². The monoisotopic (exact) mass is 349 g/mol. The molecule has 130 valence electrons. The molecule has 0 aliphatic carbocycles. The Morgan fingerprint density at radius 1 is 1.33 bits per heavy atom. The van der Waals surface area contributed by atoms with E-state index in [1.165, 1.54) is 15.8 Å². The molecule has 0 spiro atoms.